The van der Waals surface area contributed by atoms with Crippen molar-refractivity contribution >= 4 is 12.0 Å². The molecule has 0 saturated carbocycles. The van der Waals surface area contributed by atoms with Crippen LogP contribution in [0.4, 0.5) is 13.6 Å². The number of aliphatic carboxylic acids is 1. The summed E-state index contributed by atoms with van der Waals surface area (Å²) < 4.78 is 37.3. The van der Waals surface area contributed by atoms with Crippen LogP contribution in [-0.4, -0.2) is 60.3 Å². The number of urea groups is 1. The van der Waals surface area contributed by atoms with Crippen LogP contribution in [0.1, 0.15) is 44.2 Å². The van der Waals surface area contributed by atoms with Gasteiger partial charge in [-0.15, -0.1) is 0 Å². The number of alkyl halides is 2. The van der Waals surface area contributed by atoms with Crippen LogP contribution in [-0.2, 0) is 22.5 Å². The zero-order valence-electron chi connectivity index (χ0n) is 20.9. The van der Waals surface area contributed by atoms with Gasteiger partial charge in [0, 0.05) is 32.5 Å². The Bertz CT molecular complexity index is 920. The number of hydrogen-bond donors (Lipinski definition) is 2. The Morgan fingerprint density at radius 1 is 1.03 bits per heavy atom. The third-order valence-electron chi connectivity index (χ3n) is 5.49. The average Bonchev–Trinajstić information content (AvgIpc) is 2.84. The third-order valence-corrected chi connectivity index (χ3v) is 5.49. The molecule has 198 valence electrons. The highest BCUT2D eigenvalue weighted by molar-refractivity contribution is 5.74. The summed E-state index contributed by atoms with van der Waals surface area (Å²) in [5, 5.41) is 12.1. The van der Waals surface area contributed by atoms with Gasteiger partial charge >= 0.3 is 12.0 Å². The highest BCUT2D eigenvalue weighted by Gasteiger charge is 2.21. The summed E-state index contributed by atoms with van der Waals surface area (Å²) in [6.07, 6.45) is -0.108. The van der Waals surface area contributed by atoms with Gasteiger partial charge in [0.1, 0.15) is 12.4 Å². The number of rotatable bonds is 16. The summed E-state index contributed by atoms with van der Waals surface area (Å²) in [6.45, 7) is 4.17. The molecule has 0 radical (unpaired) electrons. The Morgan fingerprint density at radius 2 is 1.72 bits per heavy atom. The molecule has 1 unspecified atom stereocenters. The largest absolute Gasteiger partial charge is 0.492 e. The van der Waals surface area contributed by atoms with E-state index < -0.39 is 18.0 Å². The molecule has 0 fully saturated rings. The van der Waals surface area contributed by atoms with Gasteiger partial charge in [0.15, 0.2) is 6.10 Å². The lowest BCUT2D eigenvalue weighted by molar-refractivity contribution is -0.149. The molecule has 9 heteroatoms. The number of carboxylic acid groups (broad SMARTS) is 1. The van der Waals surface area contributed by atoms with Crippen LogP contribution in [0.15, 0.2) is 54.6 Å². The molecule has 0 aromatic heterocycles. The van der Waals surface area contributed by atoms with Crippen LogP contribution in [0.25, 0.3) is 0 Å². The van der Waals surface area contributed by atoms with Crippen molar-refractivity contribution in [3.8, 4) is 5.75 Å². The molecule has 2 aromatic rings. The molecule has 0 bridgehead atoms. The molecule has 2 N–H and O–H groups in total. The number of benzene rings is 2. The molecule has 0 spiro atoms. The zero-order chi connectivity index (χ0) is 26.4. The van der Waals surface area contributed by atoms with Crippen LogP contribution in [0.2, 0.25) is 0 Å². The second-order valence-electron chi connectivity index (χ2n) is 8.64. The number of carboxylic acids is 1. The maximum atomic E-state index is 13.1. The van der Waals surface area contributed by atoms with Crippen molar-refractivity contribution in [1.29, 1.82) is 0 Å². The first-order valence-electron chi connectivity index (χ1n) is 12.2. The van der Waals surface area contributed by atoms with Crippen LogP contribution >= 0.6 is 0 Å². The molecule has 0 saturated heterocycles. The maximum Gasteiger partial charge on any atom is 0.333 e. The predicted molar refractivity (Wildman–Crippen MR) is 133 cm³/mol. The molecule has 0 heterocycles. The van der Waals surface area contributed by atoms with Gasteiger partial charge in [-0.05, 0) is 49.9 Å². The Hall–Kier alpha value is -3.20. The van der Waals surface area contributed by atoms with E-state index >= 15 is 0 Å². The standard InChI is InChI=1S/C27H36F2N2O5/c1-3-35-24(25(32)33)19-21-11-13-23(14-12-21)36-18-17-31(16-8-7-15-27(2,28)29)26(34)30-20-22-9-5-4-6-10-22/h4-6,9-14,24H,3,7-8,15-20H2,1-2H3,(H,30,34)(H,32,33). The van der Waals surface area contributed by atoms with Crippen LogP contribution in [0.5, 0.6) is 5.75 Å². The summed E-state index contributed by atoms with van der Waals surface area (Å²) >= 11 is 0. The van der Waals surface area contributed by atoms with E-state index in [-0.39, 0.29) is 32.0 Å². The fourth-order valence-electron chi connectivity index (χ4n) is 3.57. The molecule has 2 aromatic carbocycles. The molecule has 0 aliphatic carbocycles. The minimum atomic E-state index is -2.72. The quantitative estimate of drug-likeness (QED) is 0.308. The first-order valence-corrected chi connectivity index (χ1v) is 12.2. The molecular formula is C27H36F2N2O5. The van der Waals surface area contributed by atoms with E-state index in [0.29, 0.717) is 38.3 Å². The van der Waals surface area contributed by atoms with Crippen molar-refractivity contribution in [2.75, 3.05) is 26.3 Å². The topological polar surface area (TPSA) is 88.1 Å². The summed E-state index contributed by atoms with van der Waals surface area (Å²) in [5.74, 6) is -3.15. The van der Waals surface area contributed by atoms with Gasteiger partial charge in [0.2, 0.25) is 5.92 Å². The van der Waals surface area contributed by atoms with Gasteiger partial charge in [-0.3, -0.25) is 0 Å². The van der Waals surface area contributed by atoms with Crippen LogP contribution in [0, 0.1) is 0 Å². The maximum absolute atomic E-state index is 13.1. The predicted octanol–water partition coefficient (Wildman–Crippen LogP) is 5.13. The minimum Gasteiger partial charge on any atom is -0.492 e. The lowest BCUT2D eigenvalue weighted by Gasteiger charge is -2.23. The van der Waals surface area contributed by atoms with Gasteiger partial charge < -0.3 is 24.8 Å². The number of nitrogens with zero attached hydrogens (tertiary/aromatic N) is 1. The first-order chi connectivity index (χ1) is 17.2. The first kappa shape index (κ1) is 29.0. The fraction of sp³-hybridized carbons (Fsp3) is 0.481. The van der Waals surface area contributed by atoms with Crippen molar-refractivity contribution < 1.29 is 33.0 Å². The van der Waals surface area contributed by atoms with E-state index in [2.05, 4.69) is 5.32 Å². The van der Waals surface area contributed by atoms with E-state index in [0.717, 1.165) is 18.1 Å². The summed E-state index contributed by atoms with van der Waals surface area (Å²) in [4.78, 5) is 25.6. The molecule has 2 amide bonds. The number of ether oxygens (including phenoxy) is 2. The molecule has 36 heavy (non-hydrogen) atoms. The van der Waals surface area contributed by atoms with Gasteiger partial charge in [0.25, 0.3) is 0 Å². The molecule has 7 nitrogen and oxygen atoms in total. The van der Waals surface area contributed by atoms with Crippen molar-refractivity contribution in [2.45, 2.75) is 58.1 Å². The van der Waals surface area contributed by atoms with E-state index in [1.165, 1.54) is 0 Å². The smallest absolute Gasteiger partial charge is 0.333 e. The van der Waals surface area contributed by atoms with Crippen molar-refractivity contribution in [1.82, 2.24) is 10.2 Å². The monoisotopic (exact) mass is 506 g/mol. The van der Waals surface area contributed by atoms with E-state index in [1.54, 1.807) is 36.1 Å². The van der Waals surface area contributed by atoms with Gasteiger partial charge in [-0.1, -0.05) is 42.5 Å². The van der Waals surface area contributed by atoms with Gasteiger partial charge in [0.05, 0.1) is 6.54 Å². The molecule has 0 aliphatic heterocycles. The summed E-state index contributed by atoms with van der Waals surface area (Å²) in [5.41, 5.74) is 1.76. The number of nitrogens with one attached hydrogen (secondary N) is 1. The highest BCUT2D eigenvalue weighted by atomic mass is 19.3. The van der Waals surface area contributed by atoms with Crippen LogP contribution in [0.3, 0.4) is 0 Å². The summed E-state index contributed by atoms with van der Waals surface area (Å²) in [7, 11) is 0. The second-order valence-corrected chi connectivity index (χ2v) is 8.64. The number of unbranched alkanes of at least 4 members (excludes halogenated alkanes) is 1. The Balaban J connectivity index is 1.88. The Kier molecular flexibility index (Phi) is 12.1. The zero-order valence-corrected chi connectivity index (χ0v) is 20.9. The summed E-state index contributed by atoms with van der Waals surface area (Å²) in [6, 6.07) is 16.3. The van der Waals surface area contributed by atoms with Crippen molar-refractivity contribution in [3.63, 3.8) is 0 Å². The lowest BCUT2D eigenvalue weighted by Crippen LogP contribution is -2.42. The molecule has 2 rings (SSSR count). The molecule has 0 aliphatic rings. The molecule has 1 atom stereocenters. The van der Waals surface area contributed by atoms with Crippen molar-refractivity contribution in [3.05, 3.63) is 65.7 Å². The number of carbonyl (C=O) groups is 2. The third kappa shape index (κ3) is 11.5. The lowest BCUT2D eigenvalue weighted by atomic mass is 10.1. The van der Waals surface area contributed by atoms with Gasteiger partial charge in [-0.2, -0.15) is 0 Å². The van der Waals surface area contributed by atoms with E-state index in [4.69, 9.17) is 9.47 Å². The minimum absolute atomic E-state index is 0.221. The number of amides is 2. The average molecular weight is 507 g/mol. The Morgan fingerprint density at radius 3 is 2.33 bits per heavy atom. The van der Waals surface area contributed by atoms with Crippen molar-refractivity contribution in [2.24, 2.45) is 0 Å². The van der Waals surface area contributed by atoms with Crippen LogP contribution < -0.4 is 10.1 Å². The van der Waals surface area contributed by atoms with E-state index in [1.807, 2.05) is 30.3 Å². The SMILES string of the molecule is CCOC(Cc1ccc(OCCN(CCCCC(C)(F)F)C(=O)NCc2ccccc2)cc1)C(=O)O. The number of halogens is 2. The van der Waals surface area contributed by atoms with Gasteiger partial charge in [-0.25, -0.2) is 18.4 Å². The highest BCUT2D eigenvalue weighted by Crippen LogP contribution is 2.20. The van der Waals surface area contributed by atoms with E-state index in [9.17, 15) is 23.5 Å². The number of hydrogen-bond acceptors (Lipinski definition) is 4. The normalized spacial score (nSPS) is 12.1. The molecular weight excluding hydrogens is 470 g/mol. The number of carbonyl (C=O) groups excluding carboxylic acids is 1. The Labute approximate surface area is 211 Å². The fourth-order valence-corrected chi connectivity index (χ4v) is 3.57. The second kappa shape index (κ2) is 15.0.